The zero-order valence-electron chi connectivity index (χ0n) is 9.14. The summed E-state index contributed by atoms with van der Waals surface area (Å²) >= 11 is 1.31. The summed E-state index contributed by atoms with van der Waals surface area (Å²) in [6.45, 7) is 3.72. The third-order valence-corrected chi connectivity index (χ3v) is 3.29. The number of hydrogen-bond acceptors (Lipinski definition) is 6. The molecule has 2 atom stereocenters. The molecule has 1 aromatic heterocycles. The second-order valence-electron chi connectivity index (χ2n) is 3.81. The first-order valence-corrected chi connectivity index (χ1v) is 5.91. The Kier molecular flexibility index (Phi) is 3.00. The van der Waals surface area contributed by atoms with Crippen molar-refractivity contribution >= 4 is 23.5 Å². The molecule has 0 radical (unpaired) electrons. The molecule has 1 aromatic rings. The summed E-state index contributed by atoms with van der Waals surface area (Å²) in [5.74, 6) is 0.232. The van der Waals surface area contributed by atoms with Crippen molar-refractivity contribution in [3.05, 3.63) is 11.8 Å². The van der Waals surface area contributed by atoms with E-state index in [0.29, 0.717) is 17.4 Å². The largest absolute Gasteiger partial charge is 0.462 e. The highest BCUT2D eigenvalue weighted by molar-refractivity contribution is 8.00. The summed E-state index contributed by atoms with van der Waals surface area (Å²) in [5.41, 5.74) is 6.42. The topological polar surface area (TPSA) is 78.1 Å². The van der Waals surface area contributed by atoms with E-state index in [1.165, 1.54) is 11.8 Å². The van der Waals surface area contributed by atoms with E-state index in [1.54, 1.807) is 6.07 Å². The lowest BCUT2D eigenvalue weighted by molar-refractivity contribution is -0.140. The van der Waals surface area contributed by atoms with Gasteiger partial charge in [0.2, 0.25) is 0 Å². The number of thioether (sulfide) groups is 1. The van der Waals surface area contributed by atoms with Gasteiger partial charge in [0.05, 0.1) is 0 Å². The van der Waals surface area contributed by atoms with E-state index < -0.39 is 0 Å². The molecule has 0 saturated carbocycles. The third-order valence-electron chi connectivity index (χ3n) is 2.23. The molecule has 86 valence electrons. The Balaban J connectivity index is 2.12. The van der Waals surface area contributed by atoms with Gasteiger partial charge in [0, 0.05) is 18.2 Å². The number of nitrogens with zero attached hydrogens (tertiary/aromatic N) is 2. The number of nitrogen functional groups attached to an aromatic ring is 1. The van der Waals surface area contributed by atoms with Crippen LogP contribution in [0.3, 0.4) is 0 Å². The SMILES string of the molecule is Cc1cc(N)nc(SC2CC(C)OC2=O)n1. The van der Waals surface area contributed by atoms with E-state index >= 15 is 0 Å². The number of cyclic esters (lactones) is 1. The van der Waals surface area contributed by atoms with Crippen molar-refractivity contribution in [2.24, 2.45) is 0 Å². The molecule has 1 saturated heterocycles. The first kappa shape index (κ1) is 11.2. The number of esters is 1. The predicted molar refractivity (Wildman–Crippen MR) is 61.0 cm³/mol. The molecule has 2 unspecified atom stereocenters. The maximum Gasteiger partial charge on any atom is 0.319 e. The highest BCUT2D eigenvalue weighted by Gasteiger charge is 2.33. The average Bonchev–Trinajstić information content (AvgIpc) is 2.43. The number of aromatic nitrogens is 2. The summed E-state index contributed by atoms with van der Waals surface area (Å²) in [6, 6.07) is 1.69. The number of nitrogens with two attached hydrogens (primary N) is 1. The second kappa shape index (κ2) is 4.29. The Bertz CT molecular complexity index is 404. The molecule has 0 bridgehead atoms. The first-order chi connectivity index (χ1) is 7.54. The minimum absolute atomic E-state index is 0.0212. The van der Waals surface area contributed by atoms with Crippen LogP contribution in [0.25, 0.3) is 0 Å². The smallest absolute Gasteiger partial charge is 0.319 e. The van der Waals surface area contributed by atoms with Crippen molar-refractivity contribution in [2.75, 3.05) is 5.73 Å². The average molecular weight is 239 g/mol. The van der Waals surface area contributed by atoms with Gasteiger partial charge in [0.1, 0.15) is 17.2 Å². The fourth-order valence-electron chi connectivity index (χ4n) is 1.56. The zero-order valence-corrected chi connectivity index (χ0v) is 9.95. The molecule has 0 amide bonds. The number of carbonyl (C=O) groups excluding carboxylic acids is 1. The van der Waals surface area contributed by atoms with Crippen LogP contribution in [0.1, 0.15) is 19.0 Å². The molecular formula is C10H13N3O2S. The maximum atomic E-state index is 11.4. The molecule has 5 nitrogen and oxygen atoms in total. The van der Waals surface area contributed by atoms with E-state index in [4.69, 9.17) is 10.5 Å². The number of carbonyl (C=O) groups is 1. The van der Waals surface area contributed by atoms with Crippen LogP contribution in [0, 0.1) is 6.92 Å². The van der Waals surface area contributed by atoms with Crippen LogP contribution in [0.5, 0.6) is 0 Å². The lowest BCUT2D eigenvalue weighted by Crippen LogP contribution is -2.10. The molecule has 16 heavy (non-hydrogen) atoms. The van der Waals surface area contributed by atoms with Crippen molar-refractivity contribution in [3.63, 3.8) is 0 Å². The van der Waals surface area contributed by atoms with Gasteiger partial charge >= 0.3 is 5.97 Å². The van der Waals surface area contributed by atoms with Gasteiger partial charge < -0.3 is 10.5 Å². The minimum Gasteiger partial charge on any atom is -0.462 e. The zero-order chi connectivity index (χ0) is 11.7. The minimum atomic E-state index is -0.212. The summed E-state index contributed by atoms with van der Waals surface area (Å²) in [4.78, 5) is 19.7. The van der Waals surface area contributed by atoms with Crippen LogP contribution in [0.15, 0.2) is 11.2 Å². The lowest BCUT2D eigenvalue weighted by atomic mass is 10.3. The molecule has 1 aliphatic rings. The highest BCUT2D eigenvalue weighted by atomic mass is 32.2. The molecule has 2 N–H and O–H groups in total. The number of rotatable bonds is 2. The Morgan fingerprint density at radius 2 is 2.31 bits per heavy atom. The Labute approximate surface area is 97.8 Å². The summed E-state index contributed by atoms with van der Waals surface area (Å²) in [5, 5.41) is 0.324. The lowest BCUT2D eigenvalue weighted by Gasteiger charge is -2.05. The van der Waals surface area contributed by atoms with Crippen molar-refractivity contribution in [2.45, 2.75) is 36.8 Å². The van der Waals surface area contributed by atoms with Crippen LogP contribution in [0.4, 0.5) is 5.82 Å². The van der Waals surface area contributed by atoms with Crippen molar-refractivity contribution in [1.82, 2.24) is 9.97 Å². The summed E-state index contributed by atoms with van der Waals surface area (Å²) in [7, 11) is 0. The van der Waals surface area contributed by atoms with E-state index in [1.807, 2.05) is 13.8 Å². The van der Waals surface area contributed by atoms with Crippen LogP contribution < -0.4 is 5.73 Å². The fourth-order valence-corrected chi connectivity index (χ4v) is 2.69. The molecule has 2 heterocycles. The molecule has 2 rings (SSSR count). The molecule has 0 aliphatic carbocycles. The molecule has 1 fully saturated rings. The van der Waals surface area contributed by atoms with Gasteiger partial charge in [-0.05, 0) is 13.8 Å². The van der Waals surface area contributed by atoms with E-state index in [-0.39, 0.29) is 17.3 Å². The van der Waals surface area contributed by atoms with Gasteiger partial charge in [-0.25, -0.2) is 9.97 Å². The second-order valence-corrected chi connectivity index (χ2v) is 4.98. The van der Waals surface area contributed by atoms with Gasteiger partial charge in [-0.1, -0.05) is 11.8 Å². The molecule has 1 aliphatic heterocycles. The number of hydrogen-bond donors (Lipinski definition) is 1. The maximum absolute atomic E-state index is 11.4. The Morgan fingerprint density at radius 1 is 1.56 bits per heavy atom. The van der Waals surface area contributed by atoms with Crippen molar-refractivity contribution in [1.29, 1.82) is 0 Å². The van der Waals surface area contributed by atoms with Gasteiger partial charge in [0.25, 0.3) is 0 Å². The number of anilines is 1. The molecule has 0 aromatic carbocycles. The molecule has 6 heteroatoms. The van der Waals surface area contributed by atoms with Gasteiger partial charge in [-0.15, -0.1) is 0 Å². The number of aryl methyl sites for hydroxylation is 1. The summed E-state index contributed by atoms with van der Waals surface area (Å²) < 4.78 is 5.06. The number of ether oxygens (including phenoxy) is 1. The van der Waals surface area contributed by atoms with Crippen LogP contribution in [0.2, 0.25) is 0 Å². The van der Waals surface area contributed by atoms with Gasteiger partial charge in [-0.3, -0.25) is 4.79 Å². The normalized spacial score (nSPS) is 24.5. The van der Waals surface area contributed by atoms with Crippen molar-refractivity contribution < 1.29 is 9.53 Å². The highest BCUT2D eigenvalue weighted by Crippen LogP contribution is 2.30. The monoisotopic (exact) mass is 239 g/mol. The standard InChI is InChI=1S/C10H13N3O2S/c1-5-3-8(11)13-10(12-5)16-7-4-6(2)15-9(7)14/h3,6-7H,4H2,1-2H3,(H2,11,12,13). The van der Waals surface area contributed by atoms with Gasteiger partial charge in [0.15, 0.2) is 5.16 Å². The third kappa shape index (κ3) is 2.44. The fraction of sp³-hybridized carbons (Fsp3) is 0.500. The first-order valence-electron chi connectivity index (χ1n) is 5.03. The van der Waals surface area contributed by atoms with Gasteiger partial charge in [-0.2, -0.15) is 0 Å². The Hall–Kier alpha value is -1.30. The molecule has 0 spiro atoms. The summed E-state index contributed by atoms with van der Waals surface area (Å²) in [6.07, 6.45) is 0.674. The van der Waals surface area contributed by atoms with E-state index in [2.05, 4.69) is 9.97 Å². The van der Waals surface area contributed by atoms with Crippen LogP contribution >= 0.6 is 11.8 Å². The van der Waals surface area contributed by atoms with Crippen LogP contribution in [-0.2, 0) is 9.53 Å². The van der Waals surface area contributed by atoms with E-state index in [9.17, 15) is 4.79 Å². The Morgan fingerprint density at radius 3 is 2.88 bits per heavy atom. The quantitative estimate of drug-likeness (QED) is 0.616. The molecular weight excluding hydrogens is 226 g/mol. The van der Waals surface area contributed by atoms with E-state index in [0.717, 1.165) is 5.69 Å². The van der Waals surface area contributed by atoms with Crippen molar-refractivity contribution in [3.8, 4) is 0 Å². The predicted octanol–water partition coefficient (Wildman–Crippen LogP) is 1.16. The van der Waals surface area contributed by atoms with Crippen LogP contribution in [-0.4, -0.2) is 27.3 Å².